The molecule has 3 unspecified atom stereocenters. The predicted molar refractivity (Wildman–Crippen MR) is 116 cm³/mol. The summed E-state index contributed by atoms with van der Waals surface area (Å²) >= 11 is 4.29. The van der Waals surface area contributed by atoms with Gasteiger partial charge < -0.3 is 35.7 Å². The zero-order valence-corrected chi connectivity index (χ0v) is 18.1. The van der Waals surface area contributed by atoms with Gasteiger partial charge in [-0.15, -0.1) is 0 Å². The molecule has 0 aliphatic rings. The Morgan fingerprint density at radius 1 is 0.643 bits per heavy atom. The van der Waals surface area contributed by atoms with Crippen molar-refractivity contribution in [2.24, 2.45) is 0 Å². The Hall–Kier alpha value is -0.170. The van der Waals surface area contributed by atoms with Gasteiger partial charge in [0.1, 0.15) is 5.75 Å². The van der Waals surface area contributed by atoms with Gasteiger partial charge in [0, 0.05) is 45.6 Å². The van der Waals surface area contributed by atoms with Crippen molar-refractivity contribution in [3.05, 3.63) is 28.8 Å². The zero-order chi connectivity index (χ0) is 20.9. The average molecular weight is 455 g/mol. The van der Waals surface area contributed by atoms with Crippen LogP contribution in [0.3, 0.4) is 0 Å². The summed E-state index contributed by atoms with van der Waals surface area (Å²) in [4.78, 5) is 0. The second-order valence-corrected chi connectivity index (χ2v) is 9.41. The Morgan fingerprint density at radius 2 is 1.00 bits per heavy atom. The maximum atomic E-state index is 10.6. The molecule has 0 fully saturated rings. The number of hydrogen-bond acceptors (Lipinski definition) is 10. The van der Waals surface area contributed by atoms with Crippen molar-refractivity contribution >= 4 is 35.3 Å². The molecule has 0 spiro atoms. The fourth-order valence-corrected chi connectivity index (χ4v) is 4.98. The van der Waals surface area contributed by atoms with Gasteiger partial charge in [-0.05, 0) is 5.56 Å². The Balaban J connectivity index is 2.82. The smallest absolute Gasteiger partial charge is 0.123 e. The van der Waals surface area contributed by atoms with E-state index in [9.17, 15) is 20.4 Å². The summed E-state index contributed by atoms with van der Waals surface area (Å²) in [6.45, 7) is -0.900. The van der Waals surface area contributed by atoms with Crippen LogP contribution in [0.1, 0.15) is 16.7 Å². The number of rotatable bonds is 15. The van der Waals surface area contributed by atoms with Gasteiger partial charge in [-0.1, -0.05) is 12.1 Å². The van der Waals surface area contributed by atoms with Gasteiger partial charge in [0.05, 0.1) is 38.1 Å². The SMILES string of the molecule is OCC(O)CSCc1cc(CSCC(O)CO)c(O)c(CSCC(O)CO)c1. The van der Waals surface area contributed by atoms with Crippen molar-refractivity contribution < 1.29 is 35.7 Å². The number of phenols is 1. The Kier molecular flexibility index (Phi) is 13.6. The third-order valence-electron chi connectivity index (χ3n) is 3.67. The summed E-state index contributed by atoms with van der Waals surface area (Å²) in [5, 5.41) is 65.7. The molecule has 10 heteroatoms. The molecule has 7 N–H and O–H groups in total. The summed E-state index contributed by atoms with van der Waals surface area (Å²) in [6, 6.07) is 3.76. The topological polar surface area (TPSA) is 142 Å². The predicted octanol–water partition coefficient (Wildman–Crippen LogP) is 0.151. The Bertz CT molecular complexity index is 525. The lowest BCUT2D eigenvalue weighted by atomic mass is 10.1. The summed E-state index contributed by atoms with van der Waals surface area (Å²) < 4.78 is 0. The van der Waals surface area contributed by atoms with Crippen molar-refractivity contribution in [1.29, 1.82) is 0 Å². The molecule has 0 radical (unpaired) electrons. The number of hydrogen-bond donors (Lipinski definition) is 7. The van der Waals surface area contributed by atoms with E-state index in [2.05, 4.69) is 0 Å². The van der Waals surface area contributed by atoms with Crippen LogP contribution in [-0.2, 0) is 17.3 Å². The van der Waals surface area contributed by atoms with Crippen LogP contribution < -0.4 is 0 Å². The molecule has 0 heterocycles. The lowest BCUT2D eigenvalue weighted by molar-refractivity contribution is 0.113. The molecular weight excluding hydrogens is 424 g/mol. The van der Waals surface area contributed by atoms with E-state index >= 15 is 0 Å². The van der Waals surface area contributed by atoms with Gasteiger partial charge in [-0.3, -0.25) is 0 Å². The number of phenolic OH excluding ortho intramolecular Hbond substituents is 1. The van der Waals surface area contributed by atoms with Crippen LogP contribution in [-0.4, -0.2) is 91.1 Å². The van der Waals surface area contributed by atoms with Crippen molar-refractivity contribution in [1.82, 2.24) is 0 Å². The van der Waals surface area contributed by atoms with Gasteiger partial charge >= 0.3 is 0 Å². The summed E-state index contributed by atoms with van der Waals surface area (Å²) in [5.41, 5.74) is 2.40. The van der Waals surface area contributed by atoms with Crippen molar-refractivity contribution in [3.63, 3.8) is 0 Å². The fraction of sp³-hybridized carbons (Fsp3) is 0.667. The van der Waals surface area contributed by atoms with E-state index in [0.29, 0.717) is 45.6 Å². The van der Waals surface area contributed by atoms with E-state index in [-0.39, 0.29) is 25.6 Å². The molecular formula is C18H30O7S3. The van der Waals surface area contributed by atoms with Crippen molar-refractivity contribution in [3.8, 4) is 5.75 Å². The van der Waals surface area contributed by atoms with Gasteiger partial charge in [-0.2, -0.15) is 35.3 Å². The molecule has 0 saturated heterocycles. The third-order valence-corrected chi connectivity index (χ3v) is 7.10. The van der Waals surface area contributed by atoms with Crippen LogP contribution in [0.5, 0.6) is 5.75 Å². The first kappa shape index (κ1) is 25.9. The number of aliphatic hydroxyl groups excluding tert-OH is 6. The van der Waals surface area contributed by atoms with Crippen LogP contribution in [0, 0.1) is 0 Å². The Morgan fingerprint density at radius 3 is 1.36 bits per heavy atom. The molecule has 162 valence electrons. The van der Waals surface area contributed by atoms with E-state index in [1.165, 1.54) is 35.3 Å². The third kappa shape index (κ3) is 10.0. The first-order valence-electron chi connectivity index (χ1n) is 8.84. The van der Waals surface area contributed by atoms with Gasteiger partial charge in [0.25, 0.3) is 0 Å². The molecule has 7 nitrogen and oxygen atoms in total. The summed E-state index contributed by atoms with van der Waals surface area (Å²) in [7, 11) is 0. The maximum Gasteiger partial charge on any atom is 0.123 e. The van der Waals surface area contributed by atoms with Crippen LogP contribution in [0.25, 0.3) is 0 Å². The zero-order valence-electron chi connectivity index (χ0n) is 15.6. The molecule has 3 atom stereocenters. The number of aromatic hydroxyl groups is 1. The van der Waals surface area contributed by atoms with Crippen molar-refractivity contribution in [2.45, 2.75) is 35.6 Å². The van der Waals surface area contributed by atoms with Gasteiger partial charge in [0.15, 0.2) is 0 Å². The molecule has 0 aromatic heterocycles. The van der Waals surface area contributed by atoms with Crippen LogP contribution >= 0.6 is 35.3 Å². The quantitative estimate of drug-likeness (QED) is 0.196. The Labute approximate surface area is 178 Å². The van der Waals surface area contributed by atoms with Gasteiger partial charge in [0.2, 0.25) is 0 Å². The fourth-order valence-electron chi connectivity index (χ4n) is 2.22. The lowest BCUT2D eigenvalue weighted by Crippen LogP contribution is -2.15. The lowest BCUT2D eigenvalue weighted by Gasteiger charge is -2.15. The normalized spacial score (nSPS) is 14.8. The maximum absolute atomic E-state index is 10.6. The molecule has 0 aliphatic carbocycles. The highest BCUT2D eigenvalue weighted by Crippen LogP contribution is 2.32. The molecule has 0 saturated carbocycles. The first-order valence-corrected chi connectivity index (χ1v) is 12.3. The average Bonchev–Trinajstić information content (AvgIpc) is 2.70. The first-order chi connectivity index (χ1) is 13.4. The minimum absolute atomic E-state index is 0.168. The number of thioether (sulfide) groups is 3. The van der Waals surface area contributed by atoms with E-state index < -0.39 is 18.3 Å². The van der Waals surface area contributed by atoms with E-state index in [0.717, 1.165) is 5.56 Å². The highest BCUT2D eigenvalue weighted by Gasteiger charge is 2.13. The van der Waals surface area contributed by atoms with Crippen molar-refractivity contribution in [2.75, 3.05) is 37.1 Å². The van der Waals surface area contributed by atoms with Crippen LogP contribution in [0.2, 0.25) is 0 Å². The monoisotopic (exact) mass is 454 g/mol. The molecule has 0 amide bonds. The summed E-state index contributed by atoms with van der Waals surface area (Å²) in [6.07, 6.45) is -2.38. The highest BCUT2D eigenvalue weighted by atomic mass is 32.2. The molecule has 1 rings (SSSR count). The molecule has 0 bridgehead atoms. The minimum Gasteiger partial charge on any atom is -0.507 e. The standard InChI is InChI=1S/C18H30O7S3/c19-3-15(22)9-26-6-12-1-13(7-27-10-16(23)4-20)18(25)14(2-12)8-28-11-17(24)5-21/h1-2,15-17,19-25H,3-11H2. The largest absolute Gasteiger partial charge is 0.507 e. The number of benzene rings is 1. The minimum atomic E-state index is -0.805. The second kappa shape index (κ2) is 14.8. The van der Waals surface area contributed by atoms with Crippen LogP contribution in [0.15, 0.2) is 12.1 Å². The van der Waals surface area contributed by atoms with E-state index in [1.54, 1.807) is 0 Å². The van der Waals surface area contributed by atoms with E-state index in [1.807, 2.05) is 12.1 Å². The number of aliphatic hydroxyl groups is 6. The molecule has 1 aromatic carbocycles. The molecule has 28 heavy (non-hydrogen) atoms. The molecule has 1 aromatic rings. The molecule has 0 aliphatic heterocycles. The van der Waals surface area contributed by atoms with Gasteiger partial charge in [-0.25, -0.2) is 0 Å². The highest BCUT2D eigenvalue weighted by molar-refractivity contribution is 7.99. The van der Waals surface area contributed by atoms with Crippen LogP contribution in [0.4, 0.5) is 0 Å². The second-order valence-electron chi connectivity index (χ2n) is 6.32. The van der Waals surface area contributed by atoms with E-state index in [4.69, 9.17) is 15.3 Å². The summed E-state index contributed by atoms with van der Waals surface area (Å²) in [5.74, 6) is 2.81.